The van der Waals surface area contributed by atoms with Gasteiger partial charge >= 0.3 is 0 Å². The molecule has 1 aromatic rings. The van der Waals surface area contributed by atoms with Crippen molar-refractivity contribution in [1.82, 2.24) is 4.90 Å². The van der Waals surface area contributed by atoms with Gasteiger partial charge in [0.1, 0.15) is 0 Å². The quantitative estimate of drug-likeness (QED) is 0.813. The van der Waals surface area contributed by atoms with Crippen LogP contribution in [0.5, 0.6) is 0 Å². The van der Waals surface area contributed by atoms with Gasteiger partial charge in [0.15, 0.2) is 0 Å². The topological polar surface area (TPSA) is 49.6 Å². The van der Waals surface area contributed by atoms with Crippen molar-refractivity contribution in [3.63, 3.8) is 0 Å². The molecule has 1 amide bonds. The van der Waals surface area contributed by atoms with Gasteiger partial charge in [-0.15, -0.1) is 0 Å². The molecule has 0 saturated heterocycles. The molecule has 0 fully saturated rings. The minimum atomic E-state index is -0.0202. The number of nitrogens with two attached hydrogens (primary N) is 1. The lowest BCUT2D eigenvalue weighted by molar-refractivity contribution is 0.0827. The standard InChI is InChI=1S/C16H27N3O/c1-6-12(3)11-19(7-2)15-9-8-13(10-14(15)17)16(20)18(4)5/h8-10,12H,6-7,11,17H2,1-5H3. The molecule has 0 radical (unpaired) electrons. The summed E-state index contributed by atoms with van der Waals surface area (Å²) < 4.78 is 0. The van der Waals surface area contributed by atoms with Crippen molar-refractivity contribution in [1.29, 1.82) is 0 Å². The summed E-state index contributed by atoms with van der Waals surface area (Å²) in [5.74, 6) is 0.602. The molecule has 20 heavy (non-hydrogen) atoms. The molecular weight excluding hydrogens is 250 g/mol. The van der Waals surface area contributed by atoms with Gasteiger partial charge in [-0.05, 0) is 31.0 Å². The maximum atomic E-state index is 11.9. The lowest BCUT2D eigenvalue weighted by Crippen LogP contribution is -2.29. The van der Waals surface area contributed by atoms with Crippen LogP contribution in [0, 0.1) is 5.92 Å². The van der Waals surface area contributed by atoms with Gasteiger partial charge in [0, 0.05) is 32.7 Å². The predicted octanol–water partition coefficient (Wildman–Crippen LogP) is 2.84. The molecule has 1 aromatic carbocycles. The van der Waals surface area contributed by atoms with E-state index in [1.54, 1.807) is 25.1 Å². The van der Waals surface area contributed by atoms with Gasteiger partial charge in [-0.25, -0.2) is 0 Å². The fraction of sp³-hybridized carbons (Fsp3) is 0.562. The second-order valence-electron chi connectivity index (χ2n) is 5.53. The number of nitrogens with zero attached hydrogens (tertiary/aromatic N) is 2. The number of carbonyl (C=O) groups excluding carboxylic acids is 1. The van der Waals surface area contributed by atoms with Crippen LogP contribution < -0.4 is 10.6 Å². The third-order valence-corrected chi connectivity index (χ3v) is 3.63. The zero-order valence-corrected chi connectivity index (χ0v) is 13.3. The van der Waals surface area contributed by atoms with Gasteiger partial charge in [0.25, 0.3) is 5.91 Å². The third kappa shape index (κ3) is 3.89. The Morgan fingerprint density at radius 3 is 2.40 bits per heavy atom. The Bertz CT molecular complexity index is 457. The largest absolute Gasteiger partial charge is 0.397 e. The van der Waals surface area contributed by atoms with Crippen LogP contribution in [0.4, 0.5) is 11.4 Å². The molecule has 4 heteroatoms. The average Bonchev–Trinajstić information content (AvgIpc) is 2.43. The fourth-order valence-electron chi connectivity index (χ4n) is 2.14. The van der Waals surface area contributed by atoms with Crippen molar-refractivity contribution in [3.8, 4) is 0 Å². The van der Waals surface area contributed by atoms with E-state index in [-0.39, 0.29) is 5.91 Å². The van der Waals surface area contributed by atoms with Crippen LogP contribution in [-0.4, -0.2) is 38.0 Å². The molecular formula is C16H27N3O. The van der Waals surface area contributed by atoms with E-state index in [0.717, 1.165) is 25.2 Å². The molecule has 2 N–H and O–H groups in total. The molecule has 1 unspecified atom stereocenters. The van der Waals surface area contributed by atoms with Crippen LogP contribution in [-0.2, 0) is 0 Å². The third-order valence-electron chi connectivity index (χ3n) is 3.63. The van der Waals surface area contributed by atoms with Crippen LogP contribution in [0.1, 0.15) is 37.6 Å². The zero-order valence-electron chi connectivity index (χ0n) is 13.3. The average molecular weight is 277 g/mol. The Morgan fingerprint density at radius 2 is 1.95 bits per heavy atom. The van der Waals surface area contributed by atoms with E-state index in [2.05, 4.69) is 25.7 Å². The summed E-state index contributed by atoms with van der Waals surface area (Å²) in [5.41, 5.74) is 8.46. The van der Waals surface area contributed by atoms with E-state index < -0.39 is 0 Å². The van der Waals surface area contributed by atoms with Crippen LogP contribution in [0.3, 0.4) is 0 Å². The van der Waals surface area contributed by atoms with Gasteiger partial charge in [-0.1, -0.05) is 20.3 Å². The highest BCUT2D eigenvalue weighted by Gasteiger charge is 2.14. The predicted molar refractivity (Wildman–Crippen MR) is 86.2 cm³/mol. The molecule has 0 aliphatic heterocycles. The Morgan fingerprint density at radius 1 is 1.30 bits per heavy atom. The van der Waals surface area contributed by atoms with Crippen molar-refractivity contribution in [2.45, 2.75) is 27.2 Å². The summed E-state index contributed by atoms with van der Waals surface area (Å²) >= 11 is 0. The Balaban J connectivity index is 2.99. The fourth-order valence-corrected chi connectivity index (χ4v) is 2.14. The molecule has 1 atom stereocenters. The highest BCUT2D eigenvalue weighted by atomic mass is 16.2. The van der Waals surface area contributed by atoms with E-state index in [4.69, 9.17) is 5.73 Å². The van der Waals surface area contributed by atoms with Crippen molar-refractivity contribution in [2.75, 3.05) is 37.8 Å². The molecule has 112 valence electrons. The molecule has 0 heterocycles. The maximum Gasteiger partial charge on any atom is 0.253 e. The van der Waals surface area contributed by atoms with Crippen LogP contribution in [0.25, 0.3) is 0 Å². The lowest BCUT2D eigenvalue weighted by Gasteiger charge is -2.27. The van der Waals surface area contributed by atoms with Gasteiger partial charge in [0.05, 0.1) is 11.4 Å². The minimum Gasteiger partial charge on any atom is -0.397 e. The Hall–Kier alpha value is -1.71. The Kier molecular flexibility index (Phi) is 5.86. The van der Waals surface area contributed by atoms with Crippen molar-refractivity contribution in [2.24, 2.45) is 5.92 Å². The first-order valence-electron chi connectivity index (χ1n) is 7.26. The maximum absolute atomic E-state index is 11.9. The first-order valence-corrected chi connectivity index (χ1v) is 7.26. The number of carbonyl (C=O) groups is 1. The SMILES string of the molecule is CCC(C)CN(CC)c1ccc(C(=O)N(C)C)cc1N. The molecule has 1 rings (SSSR count). The number of rotatable bonds is 6. The highest BCUT2D eigenvalue weighted by Crippen LogP contribution is 2.26. The van der Waals surface area contributed by atoms with Crippen LogP contribution in [0.2, 0.25) is 0 Å². The zero-order chi connectivity index (χ0) is 15.3. The summed E-state index contributed by atoms with van der Waals surface area (Å²) in [5, 5.41) is 0. The van der Waals surface area contributed by atoms with Gasteiger partial charge in [0.2, 0.25) is 0 Å². The van der Waals surface area contributed by atoms with E-state index in [1.807, 2.05) is 12.1 Å². The van der Waals surface area contributed by atoms with Crippen LogP contribution in [0.15, 0.2) is 18.2 Å². The number of amides is 1. The number of benzene rings is 1. The van der Waals surface area contributed by atoms with Crippen molar-refractivity contribution >= 4 is 17.3 Å². The van der Waals surface area contributed by atoms with Gasteiger partial charge in [-0.2, -0.15) is 0 Å². The summed E-state index contributed by atoms with van der Waals surface area (Å²) in [4.78, 5) is 15.8. The first-order chi connectivity index (χ1) is 9.40. The molecule has 0 bridgehead atoms. The van der Waals surface area contributed by atoms with Crippen molar-refractivity contribution < 1.29 is 4.79 Å². The molecule has 0 spiro atoms. The summed E-state index contributed by atoms with van der Waals surface area (Å²) in [6.07, 6.45) is 1.15. The molecule has 0 aliphatic rings. The second kappa shape index (κ2) is 7.17. The lowest BCUT2D eigenvalue weighted by atomic mass is 10.1. The van der Waals surface area contributed by atoms with Gasteiger partial charge in [-0.3, -0.25) is 4.79 Å². The van der Waals surface area contributed by atoms with Gasteiger partial charge < -0.3 is 15.5 Å². The molecule has 0 saturated carbocycles. The highest BCUT2D eigenvalue weighted by molar-refractivity contribution is 5.95. The summed E-state index contributed by atoms with van der Waals surface area (Å²) in [6, 6.07) is 5.59. The van der Waals surface area contributed by atoms with E-state index in [1.165, 1.54) is 0 Å². The van der Waals surface area contributed by atoms with E-state index in [0.29, 0.717) is 17.2 Å². The minimum absolute atomic E-state index is 0.0202. The molecule has 0 aliphatic carbocycles. The monoisotopic (exact) mass is 277 g/mol. The van der Waals surface area contributed by atoms with Crippen molar-refractivity contribution in [3.05, 3.63) is 23.8 Å². The normalized spacial score (nSPS) is 12.1. The number of anilines is 2. The summed E-state index contributed by atoms with van der Waals surface area (Å²) in [6.45, 7) is 8.46. The number of hydrogen-bond donors (Lipinski definition) is 1. The smallest absolute Gasteiger partial charge is 0.253 e. The van der Waals surface area contributed by atoms with Crippen LogP contribution >= 0.6 is 0 Å². The molecule has 4 nitrogen and oxygen atoms in total. The first kappa shape index (κ1) is 16.3. The molecule has 0 aromatic heterocycles. The second-order valence-corrected chi connectivity index (χ2v) is 5.53. The summed E-state index contributed by atoms with van der Waals surface area (Å²) in [7, 11) is 3.49. The number of hydrogen-bond acceptors (Lipinski definition) is 3. The number of nitrogen functional groups attached to an aromatic ring is 1. The Labute approximate surface area is 122 Å². The van der Waals surface area contributed by atoms with E-state index >= 15 is 0 Å². The van der Waals surface area contributed by atoms with E-state index in [9.17, 15) is 4.79 Å².